The number of carbonyl (C=O) groups is 1. The summed E-state index contributed by atoms with van der Waals surface area (Å²) in [5, 5.41) is 19.8. The summed E-state index contributed by atoms with van der Waals surface area (Å²) < 4.78 is 1.87. The standard InChI is InChI=1S/C25H24N4O3/c1-15-21-22(16-8-7-11-18(12-16)29(31)32)23-19(13-25(2,3)14-20(23)30)26-24(21)28(27-15)17-9-5-4-6-10-17/h4-12,22,26H,13-14H2,1-3H3. The predicted octanol–water partition coefficient (Wildman–Crippen LogP) is 5.29. The molecule has 7 nitrogen and oxygen atoms in total. The fourth-order valence-corrected chi connectivity index (χ4v) is 4.98. The van der Waals surface area contributed by atoms with Gasteiger partial charge < -0.3 is 5.32 Å². The van der Waals surface area contributed by atoms with Crippen molar-refractivity contribution in [1.29, 1.82) is 0 Å². The Morgan fingerprint density at radius 2 is 1.88 bits per heavy atom. The normalized spacial score (nSPS) is 19.2. The highest BCUT2D eigenvalue weighted by atomic mass is 16.6. The summed E-state index contributed by atoms with van der Waals surface area (Å²) in [5.41, 5.74) is 4.76. The van der Waals surface area contributed by atoms with Crippen molar-refractivity contribution in [3.63, 3.8) is 0 Å². The molecule has 0 amide bonds. The Bertz CT molecular complexity index is 1290. The fourth-order valence-electron chi connectivity index (χ4n) is 4.98. The molecule has 5 rings (SSSR count). The van der Waals surface area contributed by atoms with Crippen molar-refractivity contribution < 1.29 is 9.72 Å². The van der Waals surface area contributed by atoms with E-state index in [2.05, 4.69) is 19.2 Å². The van der Waals surface area contributed by atoms with Gasteiger partial charge in [-0.05, 0) is 36.5 Å². The Hall–Kier alpha value is -3.74. The number of nitro groups is 1. The van der Waals surface area contributed by atoms with E-state index in [9.17, 15) is 14.9 Å². The van der Waals surface area contributed by atoms with Crippen LogP contribution in [0.1, 0.15) is 49.4 Å². The molecule has 1 N–H and O–H groups in total. The second kappa shape index (κ2) is 7.15. The second-order valence-electron chi connectivity index (χ2n) is 9.34. The summed E-state index contributed by atoms with van der Waals surface area (Å²) in [6.45, 7) is 6.11. The van der Waals surface area contributed by atoms with E-state index >= 15 is 0 Å². The van der Waals surface area contributed by atoms with Crippen LogP contribution in [-0.4, -0.2) is 20.5 Å². The largest absolute Gasteiger partial charge is 0.343 e. The molecule has 0 spiro atoms. The van der Waals surface area contributed by atoms with Crippen LogP contribution in [-0.2, 0) is 4.79 Å². The Morgan fingerprint density at radius 3 is 2.59 bits per heavy atom. The summed E-state index contributed by atoms with van der Waals surface area (Å²) in [6, 6.07) is 16.4. The number of non-ortho nitro benzene ring substituents is 1. The molecule has 1 aromatic heterocycles. The predicted molar refractivity (Wildman–Crippen MR) is 122 cm³/mol. The van der Waals surface area contributed by atoms with Gasteiger partial charge in [0.15, 0.2) is 5.78 Å². The van der Waals surface area contributed by atoms with E-state index in [-0.39, 0.29) is 16.9 Å². The molecular formula is C25H24N4O3. The van der Waals surface area contributed by atoms with Crippen molar-refractivity contribution in [3.8, 4) is 5.69 Å². The zero-order valence-corrected chi connectivity index (χ0v) is 18.3. The molecule has 32 heavy (non-hydrogen) atoms. The van der Waals surface area contributed by atoms with Crippen molar-refractivity contribution in [2.75, 3.05) is 5.32 Å². The van der Waals surface area contributed by atoms with Gasteiger partial charge in [-0.3, -0.25) is 14.9 Å². The van der Waals surface area contributed by atoms with Gasteiger partial charge in [0.2, 0.25) is 0 Å². The first-order valence-electron chi connectivity index (χ1n) is 10.7. The number of aryl methyl sites for hydroxylation is 1. The number of hydrogen-bond acceptors (Lipinski definition) is 5. The lowest BCUT2D eigenvalue weighted by atomic mass is 9.69. The SMILES string of the molecule is Cc1nn(-c2ccccc2)c2c1C(c1cccc([N+](=O)[O-])c1)C1=C(CC(C)(C)CC1=O)N2. The summed E-state index contributed by atoms with van der Waals surface area (Å²) in [4.78, 5) is 24.5. The lowest BCUT2D eigenvalue weighted by molar-refractivity contribution is -0.384. The lowest BCUT2D eigenvalue weighted by Crippen LogP contribution is -2.34. The van der Waals surface area contributed by atoms with Gasteiger partial charge in [-0.25, -0.2) is 4.68 Å². The minimum atomic E-state index is -0.401. The van der Waals surface area contributed by atoms with Gasteiger partial charge in [0, 0.05) is 41.3 Å². The Balaban J connectivity index is 1.77. The average molecular weight is 428 g/mol. The first-order chi connectivity index (χ1) is 15.2. The first-order valence-corrected chi connectivity index (χ1v) is 10.7. The van der Waals surface area contributed by atoms with Crippen molar-refractivity contribution >= 4 is 17.3 Å². The summed E-state index contributed by atoms with van der Waals surface area (Å²) >= 11 is 0. The number of rotatable bonds is 3. The molecule has 0 radical (unpaired) electrons. The minimum Gasteiger partial charge on any atom is -0.343 e. The Kier molecular flexibility index (Phi) is 4.51. The molecule has 0 saturated heterocycles. The number of ketones is 1. The number of carbonyl (C=O) groups excluding carboxylic acids is 1. The monoisotopic (exact) mass is 428 g/mol. The van der Waals surface area contributed by atoms with Gasteiger partial charge >= 0.3 is 0 Å². The van der Waals surface area contributed by atoms with Crippen molar-refractivity contribution in [2.45, 2.75) is 39.5 Å². The highest BCUT2D eigenvalue weighted by Crippen LogP contribution is 2.50. The van der Waals surface area contributed by atoms with Gasteiger partial charge in [0.25, 0.3) is 5.69 Å². The molecule has 0 fully saturated rings. The maximum Gasteiger partial charge on any atom is 0.269 e. The summed E-state index contributed by atoms with van der Waals surface area (Å²) in [7, 11) is 0. The quantitative estimate of drug-likeness (QED) is 0.452. The van der Waals surface area contributed by atoms with Crippen LogP contribution in [0.25, 0.3) is 5.69 Å². The van der Waals surface area contributed by atoms with E-state index in [1.807, 2.05) is 48.0 Å². The van der Waals surface area contributed by atoms with Crippen LogP contribution in [0, 0.1) is 22.5 Å². The first kappa shape index (κ1) is 20.2. The van der Waals surface area contributed by atoms with Gasteiger partial charge in [0.05, 0.1) is 16.3 Å². The number of allylic oxidation sites excluding steroid dienone is 2. The number of anilines is 1. The molecule has 162 valence electrons. The maximum atomic E-state index is 13.4. The van der Waals surface area contributed by atoms with E-state index in [1.54, 1.807) is 12.1 Å². The number of hydrogen-bond donors (Lipinski definition) is 1. The zero-order chi connectivity index (χ0) is 22.6. The molecule has 0 saturated carbocycles. The average Bonchev–Trinajstić information content (AvgIpc) is 3.08. The van der Waals surface area contributed by atoms with E-state index in [1.165, 1.54) is 6.07 Å². The summed E-state index contributed by atoms with van der Waals surface area (Å²) in [6.07, 6.45) is 1.16. The number of para-hydroxylation sites is 1. The molecule has 1 atom stereocenters. The third-order valence-electron chi connectivity index (χ3n) is 6.29. The topological polar surface area (TPSA) is 90.1 Å². The van der Waals surface area contributed by atoms with E-state index < -0.39 is 10.8 Å². The molecule has 1 unspecified atom stereocenters. The van der Waals surface area contributed by atoms with Crippen LogP contribution in [0.3, 0.4) is 0 Å². The maximum absolute atomic E-state index is 13.4. The van der Waals surface area contributed by atoms with Crippen molar-refractivity contribution in [2.24, 2.45) is 5.41 Å². The number of nitro benzene ring substituents is 1. The van der Waals surface area contributed by atoms with Crippen LogP contribution >= 0.6 is 0 Å². The highest BCUT2D eigenvalue weighted by Gasteiger charge is 2.43. The van der Waals surface area contributed by atoms with Crippen LogP contribution in [0.15, 0.2) is 65.9 Å². The van der Waals surface area contributed by atoms with E-state index in [0.29, 0.717) is 12.0 Å². The molecule has 1 aliphatic carbocycles. The molecule has 2 aromatic carbocycles. The smallest absolute Gasteiger partial charge is 0.269 e. The lowest BCUT2D eigenvalue weighted by Gasteiger charge is -2.38. The van der Waals surface area contributed by atoms with Gasteiger partial charge in [0.1, 0.15) is 5.82 Å². The molecule has 2 aliphatic rings. The second-order valence-corrected chi connectivity index (χ2v) is 9.34. The van der Waals surface area contributed by atoms with Crippen LogP contribution < -0.4 is 5.32 Å². The molecule has 2 heterocycles. The number of Topliss-reactive ketones (excluding diaryl/α,β-unsaturated/α-hetero) is 1. The third kappa shape index (κ3) is 3.21. The van der Waals surface area contributed by atoms with E-state index in [4.69, 9.17) is 5.10 Å². The number of benzene rings is 2. The molecule has 1 aliphatic heterocycles. The Labute approximate surface area is 185 Å². The zero-order valence-electron chi connectivity index (χ0n) is 18.3. The Morgan fingerprint density at radius 1 is 1.12 bits per heavy atom. The third-order valence-corrected chi connectivity index (χ3v) is 6.29. The van der Waals surface area contributed by atoms with Crippen molar-refractivity contribution in [1.82, 2.24) is 9.78 Å². The van der Waals surface area contributed by atoms with Crippen LogP contribution in [0.5, 0.6) is 0 Å². The number of nitrogens with one attached hydrogen (secondary N) is 1. The van der Waals surface area contributed by atoms with Crippen LogP contribution in [0.2, 0.25) is 0 Å². The van der Waals surface area contributed by atoms with E-state index in [0.717, 1.165) is 40.4 Å². The number of nitrogens with zero attached hydrogens (tertiary/aromatic N) is 3. The van der Waals surface area contributed by atoms with Gasteiger partial charge in [-0.1, -0.05) is 44.2 Å². The van der Waals surface area contributed by atoms with Crippen molar-refractivity contribution in [3.05, 3.63) is 92.8 Å². The van der Waals surface area contributed by atoms with Crippen LogP contribution in [0.4, 0.5) is 11.5 Å². The molecule has 0 bridgehead atoms. The highest BCUT2D eigenvalue weighted by molar-refractivity contribution is 6.01. The molecular weight excluding hydrogens is 404 g/mol. The van der Waals surface area contributed by atoms with Gasteiger partial charge in [-0.15, -0.1) is 0 Å². The molecule has 3 aromatic rings. The fraction of sp³-hybridized carbons (Fsp3) is 0.280. The molecule has 7 heteroatoms. The summed E-state index contributed by atoms with van der Waals surface area (Å²) in [5.74, 6) is 0.495. The minimum absolute atomic E-state index is 0.0152. The van der Waals surface area contributed by atoms with Gasteiger partial charge in [-0.2, -0.15) is 5.10 Å². The number of fused-ring (bicyclic) bond motifs is 1. The number of aromatic nitrogens is 2.